The van der Waals surface area contributed by atoms with Gasteiger partial charge in [0.05, 0.1) is 27.5 Å². The van der Waals surface area contributed by atoms with Crippen LogP contribution in [0.15, 0.2) is 108 Å². The van der Waals surface area contributed by atoms with Gasteiger partial charge in [-0.1, -0.05) is 66.7 Å². The maximum atomic E-state index is 6.66. The number of hydrogen-bond acceptors (Lipinski definition) is 3. The van der Waals surface area contributed by atoms with Crippen LogP contribution in [0.5, 0.6) is 0 Å². The molecule has 0 aliphatic heterocycles. The molecular formula is C32H17N3O. The topological polar surface area (TPSA) is 43.3 Å². The second-order valence-electron chi connectivity index (χ2n) is 9.44. The number of nitrogens with zero attached hydrogens (tertiary/aromatic N) is 3. The summed E-state index contributed by atoms with van der Waals surface area (Å²) in [5, 5.41) is 5.67. The lowest BCUT2D eigenvalue weighted by molar-refractivity contribution is 0.673. The fraction of sp³-hybridized carbons (Fsp3) is 0. The summed E-state index contributed by atoms with van der Waals surface area (Å²) in [6.45, 7) is 0. The first-order valence-corrected chi connectivity index (χ1v) is 12.1. The van der Waals surface area contributed by atoms with Gasteiger partial charge in [-0.25, -0.2) is 9.97 Å². The number of rotatable bonds is 1. The average molecular weight is 460 g/mol. The van der Waals surface area contributed by atoms with Crippen LogP contribution in [0.3, 0.4) is 0 Å². The number of para-hydroxylation sites is 3. The molecule has 0 aliphatic rings. The molecule has 166 valence electrons. The van der Waals surface area contributed by atoms with Crippen LogP contribution in [0, 0.1) is 0 Å². The second-order valence-corrected chi connectivity index (χ2v) is 9.44. The molecule has 9 rings (SSSR count). The Kier molecular flexibility index (Phi) is 3.25. The number of benzene rings is 5. The minimum Gasteiger partial charge on any atom is -0.455 e. The first kappa shape index (κ1) is 18.4. The summed E-state index contributed by atoms with van der Waals surface area (Å²) in [4.78, 5) is 10.2. The molecule has 4 aromatic heterocycles. The second kappa shape index (κ2) is 6.37. The Morgan fingerprint density at radius 1 is 0.583 bits per heavy atom. The smallest absolute Gasteiger partial charge is 0.165 e. The predicted molar refractivity (Wildman–Crippen MR) is 147 cm³/mol. The van der Waals surface area contributed by atoms with Crippen LogP contribution in [-0.4, -0.2) is 14.4 Å². The standard InChI is InChI=1S/C32H17N3O/c1-2-8-18(9-3-1)19-14-15-21-23-17-22-20-10-4-7-13-26(20)35-30(22)28(31(23)36-27(21)16-19)29-32(35)34-25-12-6-5-11-24(25)33-29/h1-17H. The highest BCUT2D eigenvalue weighted by Gasteiger charge is 2.24. The van der Waals surface area contributed by atoms with Gasteiger partial charge in [-0.3, -0.25) is 4.40 Å². The molecule has 4 heterocycles. The van der Waals surface area contributed by atoms with E-state index in [-0.39, 0.29) is 0 Å². The lowest BCUT2D eigenvalue weighted by atomic mass is 10.0. The van der Waals surface area contributed by atoms with E-state index >= 15 is 0 Å². The van der Waals surface area contributed by atoms with Gasteiger partial charge in [0.2, 0.25) is 0 Å². The van der Waals surface area contributed by atoms with E-state index in [0.717, 1.165) is 66.1 Å². The third kappa shape index (κ3) is 2.19. The van der Waals surface area contributed by atoms with E-state index in [1.54, 1.807) is 0 Å². The van der Waals surface area contributed by atoms with Crippen LogP contribution in [-0.2, 0) is 0 Å². The van der Waals surface area contributed by atoms with Crippen molar-refractivity contribution in [2.24, 2.45) is 0 Å². The van der Waals surface area contributed by atoms with Crippen molar-refractivity contribution in [2.45, 2.75) is 0 Å². The Bertz CT molecular complexity index is 2310. The van der Waals surface area contributed by atoms with Gasteiger partial charge in [0, 0.05) is 21.5 Å². The minimum atomic E-state index is 0.868. The fourth-order valence-electron chi connectivity index (χ4n) is 5.92. The van der Waals surface area contributed by atoms with Crippen molar-refractivity contribution >= 4 is 71.3 Å². The summed E-state index contributed by atoms with van der Waals surface area (Å²) in [7, 11) is 0. The number of furan rings is 1. The zero-order valence-electron chi connectivity index (χ0n) is 19.1. The lowest BCUT2D eigenvalue weighted by Crippen LogP contribution is -1.88. The van der Waals surface area contributed by atoms with E-state index in [1.807, 2.05) is 30.3 Å². The molecular weight excluding hydrogens is 442 g/mol. The molecule has 0 amide bonds. The third-order valence-electron chi connectivity index (χ3n) is 7.50. The van der Waals surface area contributed by atoms with Crippen LogP contribution < -0.4 is 0 Å². The highest BCUT2D eigenvalue weighted by Crippen LogP contribution is 2.45. The van der Waals surface area contributed by atoms with E-state index in [2.05, 4.69) is 77.2 Å². The Labute approximate surface area is 204 Å². The third-order valence-corrected chi connectivity index (χ3v) is 7.50. The van der Waals surface area contributed by atoms with Gasteiger partial charge in [0.1, 0.15) is 16.7 Å². The minimum absolute atomic E-state index is 0.868. The maximum Gasteiger partial charge on any atom is 0.165 e. The van der Waals surface area contributed by atoms with Crippen molar-refractivity contribution in [2.75, 3.05) is 0 Å². The maximum absolute atomic E-state index is 6.66. The van der Waals surface area contributed by atoms with Crippen LogP contribution >= 0.6 is 0 Å². The summed E-state index contributed by atoms with van der Waals surface area (Å²) in [5.74, 6) is 0. The Balaban J connectivity index is 1.52. The molecule has 0 bridgehead atoms. The van der Waals surface area contributed by atoms with Gasteiger partial charge in [-0.15, -0.1) is 0 Å². The largest absolute Gasteiger partial charge is 0.455 e. The molecule has 36 heavy (non-hydrogen) atoms. The van der Waals surface area contributed by atoms with Crippen LogP contribution in [0.25, 0.3) is 82.5 Å². The highest BCUT2D eigenvalue weighted by molar-refractivity contribution is 6.32. The molecule has 4 heteroatoms. The van der Waals surface area contributed by atoms with E-state index in [0.29, 0.717) is 0 Å². The molecule has 0 N–H and O–H groups in total. The first-order chi connectivity index (χ1) is 17.8. The fourth-order valence-corrected chi connectivity index (χ4v) is 5.92. The summed E-state index contributed by atoms with van der Waals surface area (Å²) < 4.78 is 8.92. The average Bonchev–Trinajstić information content (AvgIpc) is 3.57. The lowest BCUT2D eigenvalue weighted by Gasteiger charge is -2.00. The molecule has 0 saturated carbocycles. The van der Waals surface area contributed by atoms with E-state index < -0.39 is 0 Å². The van der Waals surface area contributed by atoms with Crippen molar-refractivity contribution in [3.8, 4) is 11.1 Å². The van der Waals surface area contributed by atoms with Gasteiger partial charge < -0.3 is 4.42 Å². The van der Waals surface area contributed by atoms with Crippen molar-refractivity contribution in [3.63, 3.8) is 0 Å². The van der Waals surface area contributed by atoms with Crippen molar-refractivity contribution in [3.05, 3.63) is 103 Å². The van der Waals surface area contributed by atoms with Gasteiger partial charge >= 0.3 is 0 Å². The van der Waals surface area contributed by atoms with Gasteiger partial charge in [-0.2, -0.15) is 0 Å². The molecule has 0 spiro atoms. The molecule has 0 unspecified atom stereocenters. The summed E-state index contributed by atoms with van der Waals surface area (Å²) in [6.07, 6.45) is 0. The quantitative estimate of drug-likeness (QED) is 0.248. The van der Waals surface area contributed by atoms with Crippen LogP contribution in [0.2, 0.25) is 0 Å². The normalized spacial score (nSPS) is 12.4. The van der Waals surface area contributed by atoms with E-state index in [9.17, 15) is 0 Å². The number of fused-ring (bicyclic) bond motifs is 11. The van der Waals surface area contributed by atoms with Crippen LogP contribution in [0.1, 0.15) is 0 Å². The van der Waals surface area contributed by atoms with Crippen molar-refractivity contribution < 1.29 is 4.42 Å². The summed E-state index contributed by atoms with van der Waals surface area (Å²) in [6, 6.07) is 35.8. The van der Waals surface area contributed by atoms with Gasteiger partial charge in [0.15, 0.2) is 5.65 Å². The number of aromatic nitrogens is 3. The Morgan fingerprint density at radius 3 is 2.25 bits per heavy atom. The van der Waals surface area contributed by atoms with Gasteiger partial charge in [0.25, 0.3) is 0 Å². The van der Waals surface area contributed by atoms with E-state index in [4.69, 9.17) is 14.4 Å². The molecule has 0 atom stereocenters. The zero-order valence-corrected chi connectivity index (χ0v) is 19.1. The monoisotopic (exact) mass is 459 g/mol. The van der Waals surface area contributed by atoms with Crippen molar-refractivity contribution in [1.29, 1.82) is 0 Å². The summed E-state index contributed by atoms with van der Waals surface area (Å²) >= 11 is 0. The predicted octanol–water partition coefficient (Wildman–Crippen LogP) is 8.35. The SMILES string of the molecule is c1ccc(-c2ccc3c(c2)oc2c3cc3c4ccccc4n4c5nc6ccccc6nc5c2c34)cc1. The van der Waals surface area contributed by atoms with E-state index in [1.165, 1.54) is 16.3 Å². The summed E-state index contributed by atoms with van der Waals surface area (Å²) in [5.41, 5.74) is 9.86. The molecule has 0 saturated heterocycles. The molecule has 5 aromatic carbocycles. The number of hydrogen-bond donors (Lipinski definition) is 0. The highest BCUT2D eigenvalue weighted by atomic mass is 16.3. The van der Waals surface area contributed by atoms with Gasteiger partial charge in [-0.05, 0) is 47.5 Å². The Hall–Kier alpha value is -4.96. The molecule has 0 radical (unpaired) electrons. The van der Waals surface area contributed by atoms with Crippen LogP contribution in [0.4, 0.5) is 0 Å². The van der Waals surface area contributed by atoms with Crippen molar-refractivity contribution in [1.82, 2.24) is 14.4 Å². The Morgan fingerprint density at radius 2 is 1.36 bits per heavy atom. The molecule has 0 fully saturated rings. The molecule has 0 aliphatic carbocycles. The first-order valence-electron chi connectivity index (χ1n) is 12.1. The molecule has 9 aromatic rings. The zero-order chi connectivity index (χ0) is 23.4. The molecule has 4 nitrogen and oxygen atoms in total.